The van der Waals surface area contributed by atoms with Crippen molar-refractivity contribution in [2.24, 2.45) is 0 Å². The van der Waals surface area contributed by atoms with E-state index in [4.69, 9.17) is 11.6 Å². The molecule has 108 valence electrons. The number of aromatic nitrogens is 1. The van der Waals surface area contributed by atoms with Gasteiger partial charge in [-0.05, 0) is 24.3 Å². The summed E-state index contributed by atoms with van der Waals surface area (Å²) in [5.74, 6) is -1.00. The number of halogens is 1. The minimum atomic E-state index is -1.00. The van der Waals surface area contributed by atoms with Gasteiger partial charge in [0, 0.05) is 23.8 Å². The number of carbonyl (C=O) groups is 1. The molecule has 1 unspecified atom stereocenters. The van der Waals surface area contributed by atoms with Gasteiger partial charge in [0.2, 0.25) is 0 Å². The van der Waals surface area contributed by atoms with Crippen LogP contribution in [0, 0.1) is 0 Å². The number of nitrogens with zero attached hydrogens (tertiary/aromatic N) is 2. The summed E-state index contributed by atoms with van der Waals surface area (Å²) in [5.41, 5.74) is 5.76. The summed E-state index contributed by atoms with van der Waals surface area (Å²) in [4.78, 5) is 15.2. The maximum atomic E-state index is 11.2. The van der Waals surface area contributed by atoms with E-state index < -0.39 is 5.97 Å². The van der Waals surface area contributed by atoms with Crippen LogP contribution in [0.2, 0.25) is 5.02 Å². The van der Waals surface area contributed by atoms with Gasteiger partial charge in [-0.1, -0.05) is 11.6 Å². The molecule has 0 spiro atoms. The fourth-order valence-electron chi connectivity index (χ4n) is 2.36. The third kappa shape index (κ3) is 2.51. The molecular formula is C14H13ClN4O2. The van der Waals surface area contributed by atoms with Gasteiger partial charge in [0.05, 0.1) is 23.1 Å². The number of carboxylic acid groups (broad SMARTS) is 1. The van der Waals surface area contributed by atoms with E-state index in [-0.39, 0.29) is 11.7 Å². The lowest BCUT2D eigenvalue weighted by molar-refractivity contribution is 0.0697. The number of carboxylic acids is 1. The lowest BCUT2D eigenvalue weighted by Crippen LogP contribution is -2.34. The average Bonchev–Trinajstić information content (AvgIpc) is 2.75. The number of aromatic carboxylic acids is 1. The van der Waals surface area contributed by atoms with E-state index in [2.05, 4.69) is 15.7 Å². The second-order valence-corrected chi connectivity index (χ2v) is 5.13. The second-order valence-electron chi connectivity index (χ2n) is 4.70. The number of pyridine rings is 1. The summed E-state index contributed by atoms with van der Waals surface area (Å²) in [5, 5.41) is 14.8. The molecule has 1 aliphatic rings. The van der Waals surface area contributed by atoms with E-state index in [9.17, 15) is 9.90 Å². The van der Waals surface area contributed by atoms with Crippen LogP contribution in [0.5, 0.6) is 0 Å². The summed E-state index contributed by atoms with van der Waals surface area (Å²) in [6.45, 7) is 0. The first-order valence-electron chi connectivity index (χ1n) is 6.29. The van der Waals surface area contributed by atoms with Crippen LogP contribution < -0.4 is 15.8 Å². The lowest BCUT2D eigenvalue weighted by Gasteiger charge is -2.18. The molecule has 6 nitrogen and oxygen atoms in total. The summed E-state index contributed by atoms with van der Waals surface area (Å²) in [7, 11) is 1.88. The Morgan fingerprint density at radius 3 is 3.05 bits per heavy atom. The second kappa shape index (κ2) is 5.23. The standard InChI is InChI=1S/C14H13ClN4O2/c1-19-12-3-2-8(15)6-10(12)13(18-19)17-11-7-16-5-4-9(11)14(20)21/h2-7,13,17-18H,1H3,(H,20,21). The third-order valence-electron chi connectivity index (χ3n) is 3.34. The van der Waals surface area contributed by atoms with Gasteiger partial charge in [0.15, 0.2) is 0 Å². The van der Waals surface area contributed by atoms with E-state index in [0.717, 1.165) is 11.3 Å². The predicted molar refractivity (Wildman–Crippen MR) is 80.6 cm³/mol. The highest BCUT2D eigenvalue weighted by Gasteiger charge is 2.27. The molecule has 3 rings (SSSR count). The molecule has 21 heavy (non-hydrogen) atoms. The van der Waals surface area contributed by atoms with Gasteiger partial charge < -0.3 is 15.4 Å². The summed E-state index contributed by atoms with van der Waals surface area (Å²) < 4.78 is 0. The molecule has 0 bridgehead atoms. The summed E-state index contributed by atoms with van der Waals surface area (Å²) in [6, 6.07) is 7.03. The first-order chi connectivity index (χ1) is 10.1. The zero-order chi connectivity index (χ0) is 15.0. The van der Waals surface area contributed by atoms with Crippen molar-refractivity contribution in [3.8, 4) is 0 Å². The molecular weight excluding hydrogens is 292 g/mol. The molecule has 3 N–H and O–H groups in total. The van der Waals surface area contributed by atoms with E-state index in [1.54, 1.807) is 0 Å². The number of benzene rings is 1. The van der Waals surface area contributed by atoms with Crippen LogP contribution in [-0.4, -0.2) is 23.1 Å². The molecule has 0 radical (unpaired) electrons. The van der Waals surface area contributed by atoms with Gasteiger partial charge in [0.1, 0.15) is 6.17 Å². The van der Waals surface area contributed by atoms with E-state index in [1.807, 2.05) is 30.3 Å². The first kappa shape index (κ1) is 13.7. The minimum absolute atomic E-state index is 0.171. The highest BCUT2D eigenvalue weighted by Crippen LogP contribution is 2.34. The third-order valence-corrected chi connectivity index (χ3v) is 3.57. The van der Waals surface area contributed by atoms with Gasteiger partial charge in [-0.3, -0.25) is 4.98 Å². The van der Waals surface area contributed by atoms with Crippen LogP contribution in [0.1, 0.15) is 22.1 Å². The fraction of sp³-hybridized carbons (Fsp3) is 0.143. The lowest BCUT2D eigenvalue weighted by atomic mass is 10.1. The maximum absolute atomic E-state index is 11.2. The molecule has 0 aliphatic carbocycles. The van der Waals surface area contributed by atoms with Crippen LogP contribution in [0.15, 0.2) is 36.7 Å². The molecule has 1 aromatic carbocycles. The van der Waals surface area contributed by atoms with Crippen molar-refractivity contribution in [3.05, 3.63) is 52.8 Å². The Kier molecular flexibility index (Phi) is 3.40. The van der Waals surface area contributed by atoms with E-state index in [0.29, 0.717) is 10.7 Å². The first-order valence-corrected chi connectivity index (χ1v) is 6.67. The van der Waals surface area contributed by atoms with Crippen molar-refractivity contribution in [2.45, 2.75) is 6.17 Å². The average molecular weight is 305 g/mol. The van der Waals surface area contributed by atoms with Crippen LogP contribution in [0.25, 0.3) is 0 Å². The molecule has 7 heteroatoms. The number of hydrogen-bond donors (Lipinski definition) is 3. The summed E-state index contributed by atoms with van der Waals surface area (Å²) in [6.07, 6.45) is 2.67. The van der Waals surface area contributed by atoms with Crippen molar-refractivity contribution in [1.82, 2.24) is 10.4 Å². The van der Waals surface area contributed by atoms with Gasteiger partial charge in [-0.25, -0.2) is 10.2 Å². The number of rotatable bonds is 3. The number of anilines is 2. The van der Waals surface area contributed by atoms with Crippen molar-refractivity contribution in [1.29, 1.82) is 0 Å². The molecule has 0 saturated heterocycles. The SMILES string of the molecule is CN1NC(Nc2cnccc2C(=O)O)c2cc(Cl)ccc21. The maximum Gasteiger partial charge on any atom is 0.337 e. The van der Waals surface area contributed by atoms with Crippen LogP contribution in [0.4, 0.5) is 11.4 Å². The number of hydrazine groups is 1. The molecule has 0 saturated carbocycles. The Labute approximate surface area is 126 Å². The summed E-state index contributed by atoms with van der Waals surface area (Å²) >= 11 is 6.04. The minimum Gasteiger partial charge on any atom is -0.478 e. The van der Waals surface area contributed by atoms with Gasteiger partial charge in [-0.2, -0.15) is 0 Å². The Bertz CT molecular complexity index is 707. The monoisotopic (exact) mass is 304 g/mol. The normalized spacial score (nSPS) is 16.7. The Morgan fingerprint density at radius 2 is 2.29 bits per heavy atom. The molecule has 1 atom stereocenters. The highest BCUT2D eigenvalue weighted by molar-refractivity contribution is 6.30. The molecule has 1 aliphatic heterocycles. The predicted octanol–water partition coefficient (Wildman–Crippen LogP) is 2.50. The molecule has 1 aromatic heterocycles. The van der Waals surface area contributed by atoms with Gasteiger partial charge >= 0.3 is 5.97 Å². The Morgan fingerprint density at radius 1 is 1.48 bits per heavy atom. The van der Waals surface area contributed by atoms with Crippen molar-refractivity contribution >= 4 is 28.9 Å². The smallest absolute Gasteiger partial charge is 0.337 e. The largest absolute Gasteiger partial charge is 0.478 e. The number of nitrogens with one attached hydrogen (secondary N) is 2. The molecule has 2 aromatic rings. The van der Waals surface area contributed by atoms with Gasteiger partial charge in [0.25, 0.3) is 0 Å². The Balaban J connectivity index is 1.95. The molecule has 2 heterocycles. The topological polar surface area (TPSA) is 77.5 Å². The van der Waals surface area contributed by atoms with Crippen LogP contribution in [0.3, 0.4) is 0 Å². The van der Waals surface area contributed by atoms with Crippen molar-refractivity contribution in [2.75, 3.05) is 17.4 Å². The zero-order valence-electron chi connectivity index (χ0n) is 11.2. The van der Waals surface area contributed by atoms with Crippen LogP contribution in [-0.2, 0) is 0 Å². The van der Waals surface area contributed by atoms with E-state index >= 15 is 0 Å². The van der Waals surface area contributed by atoms with Gasteiger partial charge in [-0.15, -0.1) is 0 Å². The number of fused-ring (bicyclic) bond motifs is 1. The fourth-order valence-corrected chi connectivity index (χ4v) is 2.54. The quantitative estimate of drug-likeness (QED) is 0.809. The molecule has 0 amide bonds. The molecule has 0 fully saturated rings. The number of hydrogen-bond acceptors (Lipinski definition) is 5. The van der Waals surface area contributed by atoms with Crippen molar-refractivity contribution in [3.63, 3.8) is 0 Å². The Hall–Kier alpha value is -2.31. The zero-order valence-corrected chi connectivity index (χ0v) is 11.9. The highest BCUT2D eigenvalue weighted by atomic mass is 35.5. The van der Waals surface area contributed by atoms with E-state index in [1.165, 1.54) is 18.5 Å². The van der Waals surface area contributed by atoms with Crippen molar-refractivity contribution < 1.29 is 9.90 Å². The van der Waals surface area contributed by atoms with Crippen LogP contribution >= 0.6 is 11.6 Å².